The van der Waals surface area contributed by atoms with E-state index in [9.17, 15) is 4.79 Å². The van der Waals surface area contributed by atoms with Crippen LogP contribution >= 0.6 is 23.4 Å². The van der Waals surface area contributed by atoms with Crippen molar-refractivity contribution >= 4 is 40.5 Å². The lowest BCUT2D eigenvalue weighted by molar-refractivity contribution is 0.0890. The van der Waals surface area contributed by atoms with Crippen LogP contribution in [0.15, 0.2) is 119 Å². The number of carbonyl (C=O) groups is 1. The van der Waals surface area contributed by atoms with Crippen molar-refractivity contribution in [2.75, 3.05) is 10.8 Å². The van der Waals surface area contributed by atoms with Crippen LogP contribution in [-0.4, -0.2) is 22.8 Å². The molecule has 34 heavy (non-hydrogen) atoms. The van der Waals surface area contributed by atoms with Crippen molar-refractivity contribution in [3.63, 3.8) is 0 Å². The lowest BCUT2D eigenvalue weighted by atomic mass is 9.72. The highest BCUT2D eigenvalue weighted by Crippen LogP contribution is 2.51. The van der Waals surface area contributed by atoms with E-state index in [0.29, 0.717) is 10.8 Å². The van der Waals surface area contributed by atoms with E-state index in [0.717, 1.165) is 33.0 Å². The highest BCUT2D eigenvalue weighted by molar-refractivity contribution is 7.99. The van der Waals surface area contributed by atoms with Crippen LogP contribution in [0, 0.1) is 0 Å². The lowest BCUT2D eigenvalue weighted by Gasteiger charge is -2.43. The molecular formula is C29H21ClN2OS. The molecule has 2 aliphatic rings. The Morgan fingerprint density at radius 1 is 0.824 bits per heavy atom. The fourth-order valence-corrected chi connectivity index (χ4v) is 6.43. The number of hydrogen-bond donors (Lipinski definition) is 0. The first-order valence-corrected chi connectivity index (χ1v) is 12.6. The van der Waals surface area contributed by atoms with Crippen molar-refractivity contribution in [2.45, 2.75) is 16.4 Å². The van der Waals surface area contributed by atoms with Gasteiger partial charge in [-0.25, -0.2) is 5.01 Å². The Morgan fingerprint density at radius 2 is 1.47 bits per heavy atom. The SMILES string of the molecule is O=C1c2ccccc2SCC12C(c1ccc(Cl)cc1)C(c1ccccc1)=NN2c1ccccc1. The average Bonchev–Trinajstić information content (AvgIpc) is 3.24. The van der Waals surface area contributed by atoms with Gasteiger partial charge in [0.2, 0.25) is 0 Å². The Labute approximate surface area is 208 Å². The number of benzene rings is 4. The van der Waals surface area contributed by atoms with Gasteiger partial charge in [0.15, 0.2) is 5.78 Å². The molecular weight excluding hydrogens is 460 g/mol. The van der Waals surface area contributed by atoms with Crippen molar-refractivity contribution in [2.24, 2.45) is 5.10 Å². The van der Waals surface area contributed by atoms with E-state index in [-0.39, 0.29) is 11.7 Å². The first-order valence-electron chi connectivity index (χ1n) is 11.2. The highest BCUT2D eigenvalue weighted by Gasteiger charge is 2.59. The molecule has 2 aliphatic heterocycles. The third-order valence-corrected chi connectivity index (χ3v) is 8.09. The number of fused-ring (bicyclic) bond motifs is 1. The van der Waals surface area contributed by atoms with Crippen LogP contribution in [0.2, 0.25) is 5.02 Å². The number of para-hydroxylation sites is 1. The summed E-state index contributed by atoms with van der Waals surface area (Å²) in [5.41, 5.74) is 3.68. The van der Waals surface area contributed by atoms with E-state index >= 15 is 0 Å². The summed E-state index contributed by atoms with van der Waals surface area (Å²) in [6.45, 7) is 0. The summed E-state index contributed by atoms with van der Waals surface area (Å²) in [6, 6.07) is 35.9. The fourth-order valence-electron chi connectivity index (χ4n) is 5.02. The summed E-state index contributed by atoms with van der Waals surface area (Å²) in [7, 11) is 0. The van der Waals surface area contributed by atoms with Gasteiger partial charge in [-0.3, -0.25) is 4.79 Å². The molecule has 3 nitrogen and oxygen atoms in total. The van der Waals surface area contributed by atoms with Gasteiger partial charge in [-0.2, -0.15) is 5.10 Å². The van der Waals surface area contributed by atoms with Crippen LogP contribution in [0.25, 0.3) is 0 Å². The number of nitrogens with zero attached hydrogens (tertiary/aromatic N) is 2. The Balaban J connectivity index is 1.63. The highest BCUT2D eigenvalue weighted by atomic mass is 35.5. The van der Waals surface area contributed by atoms with Crippen LogP contribution in [0.3, 0.4) is 0 Å². The third kappa shape index (κ3) is 3.29. The second kappa shape index (κ2) is 8.46. The van der Waals surface area contributed by atoms with E-state index in [1.165, 1.54) is 0 Å². The van der Waals surface area contributed by atoms with Crippen LogP contribution < -0.4 is 5.01 Å². The summed E-state index contributed by atoms with van der Waals surface area (Å²) in [5, 5.41) is 7.83. The molecule has 0 N–H and O–H groups in total. The standard InChI is InChI=1S/C29H21ClN2OS/c30-22-17-15-20(16-18-22)26-27(21-9-3-1-4-10-21)31-32(23-11-5-2-6-12-23)29(26)19-34-25-14-8-7-13-24(25)28(29)33/h1-18,26H,19H2. The molecule has 6 rings (SSSR count). The summed E-state index contributed by atoms with van der Waals surface area (Å²) >= 11 is 7.98. The van der Waals surface area contributed by atoms with Gasteiger partial charge in [-0.05, 0) is 41.5 Å². The Morgan fingerprint density at radius 3 is 2.21 bits per heavy atom. The monoisotopic (exact) mass is 480 g/mol. The molecule has 2 atom stereocenters. The minimum atomic E-state index is -0.903. The minimum absolute atomic E-state index is 0.0975. The van der Waals surface area contributed by atoms with Crippen LogP contribution in [-0.2, 0) is 0 Å². The summed E-state index contributed by atoms with van der Waals surface area (Å²) < 4.78 is 0. The Hall–Kier alpha value is -3.34. The van der Waals surface area contributed by atoms with Gasteiger partial charge in [0.1, 0.15) is 5.54 Å². The largest absolute Gasteiger partial charge is 0.291 e. The zero-order valence-electron chi connectivity index (χ0n) is 18.3. The van der Waals surface area contributed by atoms with Gasteiger partial charge in [-0.15, -0.1) is 11.8 Å². The smallest absolute Gasteiger partial charge is 0.193 e. The fraction of sp³-hybridized carbons (Fsp3) is 0.103. The van der Waals surface area contributed by atoms with E-state index in [4.69, 9.17) is 16.7 Å². The van der Waals surface area contributed by atoms with Gasteiger partial charge in [0.05, 0.1) is 17.3 Å². The zero-order valence-corrected chi connectivity index (χ0v) is 19.8. The molecule has 4 aromatic carbocycles. The van der Waals surface area contributed by atoms with E-state index in [2.05, 4.69) is 12.1 Å². The van der Waals surface area contributed by atoms with Gasteiger partial charge in [-0.1, -0.05) is 90.5 Å². The molecule has 0 saturated carbocycles. The van der Waals surface area contributed by atoms with Crippen LogP contribution in [0.1, 0.15) is 27.4 Å². The lowest BCUT2D eigenvalue weighted by Crippen LogP contribution is -2.58. The van der Waals surface area contributed by atoms with Crippen molar-refractivity contribution in [1.29, 1.82) is 0 Å². The molecule has 1 spiro atoms. The summed E-state index contributed by atoms with van der Waals surface area (Å²) in [6.07, 6.45) is 0. The number of carbonyl (C=O) groups excluding carboxylic acids is 1. The predicted octanol–water partition coefficient (Wildman–Crippen LogP) is 7.08. The Bertz CT molecular complexity index is 1390. The maximum Gasteiger partial charge on any atom is 0.193 e. The number of halogens is 1. The quantitative estimate of drug-likeness (QED) is 0.314. The van der Waals surface area contributed by atoms with Gasteiger partial charge < -0.3 is 0 Å². The molecule has 4 aromatic rings. The number of rotatable bonds is 3. The van der Waals surface area contributed by atoms with Gasteiger partial charge in [0.25, 0.3) is 0 Å². The molecule has 0 aliphatic carbocycles. The molecule has 0 amide bonds. The molecule has 0 saturated heterocycles. The Kier molecular flexibility index (Phi) is 5.28. The van der Waals surface area contributed by atoms with Crippen molar-refractivity contribution < 1.29 is 4.79 Å². The number of thioether (sulfide) groups is 1. The minimum Gasteiger partial charge on any atom is -0.291 e. The van der Waals surface area contributed by atoms with Gasteiger partial charge >= 0.3 is 0 Å². The zero-order chi connectivity index (χ0) is 23.1. The molecule has 0 aromatic heterocycles. The third-order valence-electron chi connectivity index (χ3n) is 6.58. The number of hydrazone groups is 1. The predicted molar refractivity (Wildman–Crippen MR) is 140 cm³/mol. The molecule has 166 valence electrons. The molecule has 0 radical (unpaired) electrons. The van der Waals surface area contributed by atoms with Gasteiger partial charge in [0, 0.05) is 21.2 Å². The van der Waals surface area contributed by atoms with E-state index in [1.807, 2.05) is 102 Å². The van der Waals surface area contributed by atoms with E-state index in [1.54, 1.807) is 11.8 Å². The van der Waals surface area contributed by atoms with Crippen LogP contribution in [0.5, 0.6) is 0 Å². The molecule has 0 bridgehead atoms. The number of hydrogen-bond acceptors (Lipinski definition) is 4. The molecule has 2 unspecified atom stereocenters. The second-order valence-electron chi connectivity index (χ2n) is 8.52. The maximum atomic E-state index is 14.5. The van der Waals surface area contributed by atoms with Crippen molar-refractivity contribution in [3.8, 4) is 0 Å². The molecule has 5 heteroatoms. The topological polar surface area (TPSA) is 32.7 Å². The van der Waals surface area contributed by atoms with Crippen LogP contribution in [0.4, 0.5) is 5.69 Å². The van der Waals surface area contributed by atoms with Crippen molar-refractivity contribution in [3.05, 3.63) is 131 Å². The molecule has 2 heterocycles. The molecule has 0 fully saturated rings. The number of ketones is 1. The normalized spacial score (nSPS) is 21.4. The maximum absolute atomic E-state index is 14.5. The van der Waals surface area contributed by atoms with E-state index < -0.39 is 5.54 Å². The first-order chi connectivity index (χ1) is 16.7. The summed E-state index contributed by atoms with van der Waals surface area (Å²) in [4.78, 5) is 15.5. The summed E-state index contributed by atoms with van der Waals surface area (Å²) in [5.74, 6) is 0.422. The van der Waals surface area contributed by atoms with Crippen molar-refractivity contribution in [1.82, 2.24) is 0 Å². The number of anilines is 1. The first kappa shape index (κ1) is 21.2. The second-order valence-corrected chi connectivity index (χ2v) is 9.98. The average molecular weight is 481 g/mol. The number of Topliss-reactive ketones (excluding diaryl/α,β-unsaturated/α-hetero) is 1.